The van der Waals surface area contributed by atoms with Crippen molar-refractivity contribution in [1.29, 1.82) is 0 Å². The third-order valence-corrected chi connectivity index (χ3v) is 3.28. The van der Waals surface area contributed by atoms with Gasteiger partial charge in [-0.05, 0) is 25.3 Å². The fourth-order valence-electron chi connectivity index (χ4n) is 2.21. The van der Waals surface area contributed by atoms with Crippen molar-refractivity contribution in [2.75, 3.05) is 26.7 Å². The number of nitrogens with two attached hydrogens (primary N) is 1. The monoisotopic (exact) mass is 213 g/mol. The molecule has 4 nitrogen and oxygen atoms in total. The van der Waals surface area contributed by atoms with Gasteiger partial charge in [-0.1, -0.05) is 6.92 Å². The molecular weight excluding hydrogens is 190 g/mol. The van der Waals surface area contributed by atoms with Crippen molar-refractivity contribution < 1.29 is 4.79 Å². The van der Waals surface area contributed by atoms with Crippen LogP contribution in [0, 0.1) is 5.92 Å². The van der Waals surface area contributed by atoms with Crippen molar-refractivity contribution in [2.24, 2.45) is 11.7 Å². The van der Waals surface area contributed by atoms with Gasteiger partial charge in [-0.3, -0.25) is 9.69 Å². The maximum atomic E-state index is 11.1. The Kier molecular flexibility index (Phi) is 5.05. The smallest absolute Gasteiger partial charge is 0.221 e. The van der Waals surface area contributed by atoms with Crippen LogP contribution in [-0.4, -0.2) is 43.5 Å². The summed E-state index contributed by atoms with van der Waals surface area (Å²) >= 11 is 0. The van der Waals surface area contributed by atoms with Crippen LogP contribution in [0.15, 0.2) is 0 Å². The van der Waals surface area contributed by atoms with Crippen molar-refractivity contribution in [3.8, 4) is 0 Å². The van der Waals surface area contributed by atoms with E-state index in [4.69, 9.17) is 5.73 Å². The minimum atomic E-state index is 0.115. The second kappa shape index (κ2) is 6.08. The number of amides is 1. The molecule has 0 aromatic rings. The van der Waals surface area contributed by atoms with Gasteiger partial charge in [0.1, 0.15) is 0 Å². The minimum Gasteiger partial charge on any atom is -0.359 e. The number of hydrogen-bond donors (Lipinski definition) is 2. The maximum absolute atomic E-state index is 11.1. The number of nitrogens with zero attached hydrogens (tertiary/aromatic N) is 1. The molecule has 88 valence electrons. The lowest BCUT2D eigenvalue weighted by atomic mass is 9.92. The van der Waals surface area contributed by atoms with Crippen LogP contribution in [0.25, 0.3) is 0 Å². The Morgan fingerprint density at radius 1 is 1.60 bits per heavy atom. The standard InChI is InChI=1S/C11H23N3O/c1-9-3-5-14(10(7-9)8-12)6-4-11(15)13-2/h9-10H,3-8,12H2,1-2H3,(H,13,15). The first-order valence-electron chi connectivity index (χ1n) is 5.82. The highest BCUT2D eigenvalue weighted by molar-refractivity contribution is 5.75. The number of carbonyl (C=O) groups is 1. The van der Waals surface area contributed by atoms with Crippen LogP contribution in [0.4, 0.5) is 0 Å². The minimum absolute atomic E-state index is 0.115. The van der Waals surface area contributed by atoms with Crippen LogP contribution >= 0.6 is 0 Å². The van der Waals surface area contributed by atoms with E-state index in [9.17, 15) is 4.79 Å². The summed E-state index contributed by atoms with van der Waals surface area (Å²) in [5.41, 5.74) is 5.75. The van der Waals surface area contributed by atoms with Gasteiger partial charge in [-0.25, -0.2) is 0 Å². The maximum Gasteiger partial charge on any atom is 0.221 e. The lowest BCUT2D eigenvalue weighted by Gasteiger charge is -2.37. The summed E-state index contributed by atoms with van der Waals surface area (Å²) in [6, 6.07) is 0.471. The van der Waals surface area contributed by atoms with Crippen molar-refractivity contribution in [3.05, 3.63) is 0 Å². The molecule has 1 saturated heterocycles. The Labute approximate surface area is 92.2 Å². The fourth-order valence-corrected chi connectivity index (χ4v) is 2.21. The molecule has 0 aromatic carbocycles. The molecule has 2 unspecified atom stereocenters. The predicted octanol–water partition coefficient (Wildman–Crippen LogP) is 0.182. The number of piperidine rings is 1. The molecule has 0 bridgehead atoms. The average molecular weight is 213 g/mol. The van der Waals surface area contributed by atoms with E-state index < -0.39 is 0 Å². The third-order valence-electron chi connectivity index (χ3n) is 3.28. The average Bonchev–Trinajstić information content (AvgIpc) is 2.26. The molecule has 1 aliphatic rings. The first kappa shape index (κ1) is 12.5. The highest BCUT2D eigenvalue weighted by Gasteiger charge is 2.24. The summed E-state index contributed by atoms with van der Waals surface area (Å²) in [7, 11) is 1.68. The van der Waals surface area contributed by atoms with E-state index in [1.165, 1.54) is 12.8 Å². The topological polar surface area (TPSA) is 58.4 Å². The number of rotatable bonds is 4. The van der Waals surface area contributed by atoms with Crippen LogP contribution in [-0.2, 0) is 4.79 Å². The Morgan fingerprint density at radius 3 is 2.93 bits per heavy atom. The molecule has 3 N–H and O–H groups in total. The zero-order chi connectivity index (χ0) is 11.3. The normalized spacial score (nSPS) is 27.7. The molecule has 0 spiro atoms. The molecular formula is C11H23N3O. The Hall–Kier alpha value is -0.610. The largest absolute Gasteiger partial charge is 0.359 e. The quantitative estimate of drug-likeness (QED) is 0.700. The van der Waals surface area contributed by atoms with Crippen LogP contribution in [0.5, 0.6) is 0 Å². The Morgan fingerprint density at radius 2 is 2.33 bits per heavy atom. The van der Waals surface area contributed by atoms with Crippen molar-refractivity contribution >= 4 is 5.91 Å². The molecule has 2 atom stereocenters. The van der Waals surface area contributed by atoms with E-state index >= 15 is 0 Å². The molecule has 1 heterocycles. The number of carbonyl (C=O) groups excluding carboxylic acids is 1. The molecule has 0 radical (unpaired) electrons. The number of hydrogen-bond acceptors (Lipinski definition) is 3. The van der Waals surface area contributed by atoms with Gasteiger partial charge in [0.05, 0.1) is 0 Å². The second-order valence-electron chi connectivity index (χ2n) is 4.48. The van der Waals surface area contributed by atoms with E-state index in [1.807, 2.05) is 0 Å². The molecule has 1 fully saturated rings. The number of nitrogens with one attached hydrogen (secondary N) is 1. The van der Waals surface area contributed by atoms with E-state index in [1.54, 1.807) is 7.05 Å². The highest BCUT2D eigenvalue weighted by Crippen LogP contribution is 2.21. The summed E-state index contributed by atoms with van der Waals surface area (Å²) in [6.07, 6.45) is 2.98. The van der Waals surface area contributed by atoms with Gasteiger partial charge in [0.2, 0.25) is 5.91 Å². The van der Waals surface area contributed by atoms with E-state index in [2.05, 4.69) is 17.1 Å². The number of likely N-dealkylation sites (tertiary alicyclic amines) is 1. The van der Waals surface area contributed by atoms with Gasteiger partial charge in [-0.2, -0.15) is 0 Å². The lowest BCUT2D eigenvalue weighted by molar-refractivity contribution is -0.121. The molecule has 1 rings (SSSR count). The molecule has 1 aliphatic heterocycles. The highest BCUT2D eigenvalue weighted by atomic mass is 16.1. The first-order valence-corrected chi connectivity index (χ1v) is 5.82. The van der Waals surface area contributed by atoms with Crippen molar-refractivity contribution in [3.63, 3.8) is 0 Å². The summed E-state index contributed by atoms with van der Waals surface area (Å²) in [6.45, 7) is 4.91. The molecule has 4 heteroatoms. The van der Waals surface area contributed by atoms with E-state index in [0.717, 1.165) is 19.0 Å². The summed E-state index contributed by atoms with van der Waals surface area (Å²) in [5.74, 6) is 0.888. The summed E-state index contributed by atoms with van der Waals surface area (Å²) < 4.78 is 0. The summed E-state index contributed by atoms with van der Waals surface area (Å²) in [4.78, 5) is 13.5. The van der Waals surface area contributed by atoms with E-state index in [-0.39, 0.29) is 5.91 Å². The van der Waals surface area contributed by atoms with Gasteiger partial charge in [-0.15, -0.1) is 0 Å². The molecule has 0 aromatic heterocycles. The SMILES string of the molecule is CNC(=O)CCN1CCC(C)CC1CN. The van der Waals surface area contributed by atoms with Gasteiger partial charge in [0, 0.05) is 32.6 Å². The second-order valence-corrected chi connectivity index (χ2v) is 4.48. The van der Waals surface area contributed by atoms with Crippen LogP contribution in [0.1, 0.15) is 26.2 Å². The Balaban J connectivity index is 2.35. The van der Waals surface area contributed by atoms with E-state index in [0.29, 0.717) is 19.0 Å². The van der Waals surface area contributed by atoms with Gasteiger partial charge >= 0.3 is 0 Å². The van der Waals surface area contributed by atoms with Gasteiger partial charge in [0.15, 0.2) is 0 Å². The van der Waals surface area contributed by atoms with Gasteiger partial charge < -0.3 is 11.1 Å². The van der Waals surface area contributed by atoms with Crippen LogP contribution < -0.4 is 11.1 Å². The third kappa shape index (κ3) is 3.80. The van der Waals surface area contributed by atoms with Gasteiger partial charge in [0.25, 0.3) is 0 Å². The van der Waals surface area contributed by atoms with Crippen molar-refractivity contribution in [2.45, 2.75) is 32.2 Å². The van der Waals surface area contributed by atoms with Crippen molar-refractivity contribution in [1.82, 2.24) is 10.2 Å². The first-order chi connectivity index (χ1) is 7.17. The molecule has 0 aliphatic carbocycles. The molecule has 15 heavy (non-hydrogen) atoms. The van der Waals surface area contributed by atoms with Crippen LogP contribution in [0.2, 0.25) is 0 Å². The predicted molar refractivity (Wildman–Crippen MR) is 61.5 cm³/mol. The van der Waals surface area contributed by atoms with Crippen LogP contribution in [0.3, 0.4) is 0 Å². The fraction of sp³-hybridized carbons (Fsp3) is 0.909. The summed E-state index contributed by atoms with van der Waals surface area (Å²) in [5, 5.41) is 2.65. The molecule has 1 amide bonds. The lowest BCUT2D eigenvalue weighted by Crippen LogP contribution is -2.47. The zero-order valence-electron chi connectivity index (χ0n) is 9.83. The Bertz CT molecular complexity index is 208. The molecule has 0 saturated carbocycles. The zero-order valence-corrected chi connectivity index (χ0v) is 9.83.